The molecule has 25 heavy (non-hydrogen) atoms. The van der Waals surface area contributed by atoms with Crippen molar-refractivity contribution < 1.29 is 9.90 Å². The average Bonchev–Trinajstić information content (AvgIpc) is 2.94. The van der Waals surface area contributed by atoms with Crippen molar-refractivity contribution >= 4 is 11.7 Å². The monoisotopic (exact) mass is 339 g/mol. The Morgan fingerprint density at radius 1 is 1.12 bits per heavy atom. The van der Waals surface area contributed by atoms with E-state index < -0.39 is 5.97 Å². The van der Waals surface area contributed by atoms with Gasteiger partial charge in [0.1, 0.15) is 5.70 Å². The Morgan fingerprint density at radius 2 is 1.72 bits per heavy atom. The van der Waals surface area contributed by atoms with Gasteiger partial charge in [0.05, 0.1) is 0 Å². The number of nitrogens with zero attached hydrogens (tertiary/aromatic N) is 1. The van der Waals surface area contributed by atoms with Crippen molar-refractivity contribution in [1.29, 1.82) is 0 Å². The lowest BCUT2D eigenvalue weighted by molar-refractivity contribution is -0.132. The largest absolute Gasteiger partial charge is 0.477 e. The molecule has 1 aliphatic carbocycles. The van der Waals surface area contributed by atoms with Gasteiger partial charge in [-0.25, -0.2) is 4.79 Å². The highest BCUT2D eigenvalue weighted by Gasteiger charge is 2.39. The summed E-state index contributed by atoms with van der Waals surface area (Å²) in [7, 11) is 0. The summed E-state index contributed by atoms with van der Waals surface area (Å²) in [6.45, 7) is 11.9. The van der Waals surface area contributed by atoms with Crippen LogP contribution in [-0.4, -0.2) is 17.6 Å². The number of fused-ring (bicyclic) bond motifs is 2. The molecule has 1 N–H and O–H groups in total. The molecule has 1 aliphatic heterocycles. The van der Waals surface area contributed by atoms with Crippen molar-refractivity contribution in [2.24, 2.45) is 0 Å². The van der Waals surface area contributed by atoms with Gasteiger partial charge in [-0.05, 0) is 65.8 Å². The number of hydrogen-bond donors (Lipinski definition) is 1. The van der Waals surface area contributed by atoms with E-state index in [0.717, 1.165) is 25.1 Å². The summed E-state index contributed by atoms with van der Waals surface area (Å²) in [6, 6.07) is 4.62. The Bertz CT molecular complexity index is 768. The molecule has 3 rings (SSSR count). The normalized spacial score (nSPS) is 21.3. The Kier molecular flexibility index (Phi) is 4.30. The van der Waals surface area contributed by atoms with Crippen molar-refractivity contribution in [3.8, 4) is 0 Å². The number of hydrogen-bond acceptors (Lipinski definition) is 2. The summed E-state index contributed by atoms with van der Waals surface area (Å²) in [4.78, 5) is 13.7. The second kappa shape index (κ2) is 6.05. The van der Waals surface area contributed by atoms with Gasteiger partial charge in [0.2, 0.25) is 0 Å². The van der Waals surface area contributed by atoms with Crippen molar-refractivity contribution in [3.05, 3.63) is 52.7 Å². The van der Waals surface area contributed by atoms with E-state index in [2.05, 4.69) is 39.8 Å². The van der Waals surface area contributed by atoms with Gasteiger partial charge in [-0.1, -0.05) is 45.9 Å². The minimum Gasteiger partial charge on any atom is -0.477 e. The molecule has 0 unspecified atom stereocenters. The highest BCUT2D eigenvalue weighted by Crippen LogP contribution is 2.49. The third kappa shape index (κ3) is 3.01. The quantitative estimate of drug-likeness (QED) is 0.626. The zero-order chi connectivity index (χ0) is 18.4. The third-order valence-corrected chi connectivity index (χ3v) is 5.90. The number of anilines is 1. The van der Waals surface area contributed by atoms with Crippen LogP contribution in [0.3, 0.4) is 0 Å². The fraction of sp³-hybridized carbons (Fsp3) is 0.500. The van der Waals surface area contributed by atoms with Crippen LogP contribution in [0.25, 0.3) is 0 Å². The van der Waals surface area contributed by atoms with Gasteiger partial charge in [-0.15, -0.1) is 0 Å². The van der Waals surface area contributed by atoms with Gasteiger partial charge in [-0.3, -0.25) is 0 Å². The molecule has 0 spiro atoms. The standard InChI is InChI=1S/C22H29NO2/c1-6-7-8-18(20(24)25)23-12-9-15-13-16-17(14-19(15)23)22(4,5)11-10-21(16,2)3/h6-8,13-14H,9-12H2,1-5H3,(H,24,25). The van der Waals surface area contributed by atoms with E-state index >= 15 is 0 Å². The van der Waals surface area contributed by atoms with Crippen LogP contribution in [0.15, 0.2) is 36.1 Å². The van der Waals surface area contributed by atoms with Crippen LogP contribution in [0.2, 0.25) is 0 Å². The molecule has 1 aromatic rings. The van der Waals surface area contributed by atoms with Crippen molar-refractivity contribution in [1.82, 2.24) is 0 Å². The molecule has 0 bridgehead atoms. The molecule has 0 radical (unpaired) electrons. The van der Waals surface area contributed by atoms with Crippen LogP contribution in [0.1, 0.15) is 64.2 Å². The minimum atomic E-state index is -0.872. The first kappa shape index (κ1) is 17.8. The maximum atomic E-state index is 11.8. The second-order valence-corrected chi connectivity index (χ2v) is 8.58. The van der Waals surface area contributed by atoms with Gasteiger partial charge in [0.25, 0.3) is 0 Å². The maximum Gasteiger partial charge on any atom is 0.352 e. The average molecular weight is 339 g/mol. The fourth-order valence-electron chi connectivity index (χ4n) is 4.17. The van der Waals surface area contributed by atoms with E-state index in [1.807, 2.05) is 17.9 Å². The van der Waals surface area contributed by atoms with Gasteiger partial charge < -0.3 is 10.0 Å². The van der Waals surface area contributed by atoms with Crippen LogP contribution in [-0.2, 0) is 22.0 Å². The molecule has 134 valence electrons. The maximum absolute atomic E-state index is 11.8. The van der Waals surface area contributed by atoms with Gasteiger partial charge in [0, 0.05) is 12.2 Å². The molecule has 1 aromatic carbocycles. The zero-order valence-corrected chi connectivity index (χ0v) is 16.0. The Labute approximate surface area is 151 Å². The number of carboxylic acids is 1. The lowest BCUT2D eigenvalue weighted by Gasteiger charge is -2.42. The first-order chi connectivity index (χ1) is 11.7. The molecular formula is C22H29NO2. The SMILES string of the molecule is CC=CC=C(C(=O)O)N1CCc2cc3c(cc21)C(C)(C)CCC3(C)C. The topological polar surface area (TPSA) is 40.5 Å². The van der Waals surface area contributed by atoms with Crippen LogP contribution in [0.4, 0.5) is 5.69 Å². The smallest absolute Gasteiger partial charge is 0.352 e. The highest BCUT2D eigenvalue weighted by atomic mass is 16.4. The third-order valence-electron chi connectivity index (χ3n) is 5.90. The number of allylic oxidation sites excluding steroid dienone is 3. The molecule has 0 aromatic heterocycles. The van der Waals surface area contributed by atoms with Crippen LogP contribution >= 0.6 is 0 Å². The minimum absolute atomic E-state index is 0.130. The predicted molar refractivity (Wildman–Crippen MR) is 103 cm³/mol. The van der Waals surface area contributed by atoms with E-state index in [0.29, 0.717) is 5.70 Å². The molecule has 2 aliphatic rings. The van der Waals surface area contributed by atoms with Crippen LogP contribution < -0.4 is 4.90 Å². The van der Waals surface area contributed by atoms with Crippen molar-refractivity contribution in [3.63, 3.8) is 0 Å². The summed E-state index contributed by atoms with van der Waals surface area (Å²) in [5, 5.41) is 9.67. The lowest BCUT2D eigenvalue weighted by atomic mass is 9.63. The fourth-order valence-corrected chi connectivity index (χ4v) is 4.17. The summed E-state index contributed by atoms with van der Waals surface area (Å²) in [6.07, 6.45) is 8.61. The van der Waals surface area contributed by atoms with Crippen LogP contribution in [0.5, 0.6) is 0 Å². The number of carboxylic acid groups (broad SMARTS) is 1. The molecular weight excluding hydrogens is 310 g/mol. The Morgan fingerprint density at radius 3 is 2.28 bits per heavy atom. The van der Waals surface area contributed by atoms with Gasteiger partial charge >= 0.3 is 5.97 Å². The summed E-state index contributed by atoms with van der Waals surface area (Å²) in [5.74, 6) is -0.872. The van der Waals surface area contributed by atoms with E-state index in [9.17, 15) is 9.90 Å². The molecule has 1 heterocycles. The second-order valence-electron chi connectivity index (χ2n) is 8.58. The Hall–Kier alpha value is -2.03. The summed E-state index contributed by atoms with van der Waals surface area (Å²) < 4.78 is 0. The molecule has 0 fully saturated rings. The highest BCUT2D eigenvalue weighted by molar-refractivity contribution is 5.92. The molecule has 0 atom stereocenters. The Balaban J connectivity index is 2.14. The first-order valence-corrected chi connectivity index (χ1v) is 9.19. The van der Waals surface area contributed by atoms with E-state index in [-0.39, 0.29) is 10.8 Å². The zero-order valence-electron chi connectivity index (χ0n) is 16.0. The predicted octanol–water partition coefficient (Wildman–Crippen LogP) is 4.94. The van der Waals surface area contributed by atoms with E-state index in [1.54, 1.807) is 12.2 Å². The molecule has 0 saturated carbocycles. The number of carbonyl (C=O) groups is 1. The number of benzene rings is 1. The summed E-state index contributed by atoms with van der Waals surface area (Å²) >= 11 is 0. The molecule has 0 amide bonds. The van der Waals surface area contributed by atoms with Crippen LogP contribution in [0, 0.1) is 0 Å². The number of aliphatic carboxylic acids is 1. The van der Waals surface area contributed by atoms with Gasteiger partial charge in [-0.2, -0.15) is 0 Å². The van der Waals surface area contributed by atoms with E-state index in [1.165, 1.54) is 23.1 Å². The lowest BCUT2D eigenvalue weighted by Crippen LogP contribution is -2.34. The van der Waals surface area contributed by atoms with Crippen molar-refractivity contribution in [2.75, 3.05) is 11.4 Å². The number of rotatable bonds is 3. The molecule has 3 nitrogen and oxygen atoms in total. The molecule has 3 heteroatoms. The summed E-state index contributed by atoms with van der Waals surface area (Å²) in [5.41, 5.74) is 5.84. The van der Waals surface area contributed by atoms with E-state index in [4.69, 9.17) is 0 Å². The van der Waals surface area contributed by atoms with Gasteiger partial charge in [0.15, 0.2) is 0 Å². The van der Waals surface area contributed by atoms with Crippen molar-refractivity contribution in [2.45, 2.75) is 64.7 Å². The molecule has 0 saturated heterocycles. The first-order valence-electron chi connectivity index (χ1n) is 9.19.